The molecule has 0 aromatic heterocycles. The number of amides is 1. The van der Waals surface area contributed by atoms with Crippen LogP contribution < -0.4 is 5.73 Å². The highest BCUT2D eigenvalue weighted by molar-refractivity contribution is 5.82. The van der Waals surface area contributed by atoms with Gasteiger partial charge in [-0.15, -0.1) is 0 Å². The zero-order valence-corrected chi connectivity index (χ0v) is 10.8. The summed E-state index contributed by atoms with van der Waals surface area (Å²) in [6, 6.07) is -0.373. The second kappa shape index (κ2) is 5.64. The Balaban J connectivity index is 2.59. The SMILES string of the molecule is CCC(C)[C@H](N)C(=O)N1CC(C)OC(C)C1. The third-order valence-corrected chi connectivity index (χ3v) is 3.27. The zero-order valence-electron chi connectivity index (χ0n) is 10.8. The molecule has 16 heavy (non-hydrogen) atoms. The maximum Gasteiger partial charge on any atom is 0.239 e. The average molecular weight is 228 g/mol. The molecule has 0 saturated carbocycles. The molecule has 3 unspecified atom stereocenters. The molecule has 0 bridgehead atoms. The highest BCUT2D eigenvalue weighted by atomic mass is 16.5. The fraction of sp³-hybridized carbons (Fsp3) is 0.917. The highest BCUT2D eigenvalue weighted by Crippen LogP contribution is 2.14. The lowest BCUT2D eigenvalue weighted by Crippen LogP contribution is -2.54. The second-order valence-electron chi connectivity index (χ2n) is 4.91. The maximum atomic E-state index is 12.1. The molecule has 0 aliphatic carbocycles. The molecule has 94 valence electrons. The van der Waals surface area contributed by atoms with Crippen molar-refractivity contribution >= 4 is 5.91 Å². The Morgan fingerprint density at radius 3 is 2.38 bits per heavy atom. The van der Waals surface area contributed by atoms with E-state index in [0.29, 0.717) is 13.1 Å². The van der Waals surface area contributed by atoms with Gasteiger partial charge in [-0.2, -0.15) is 0 Å². The summed E-state index contributed by atoms with van der Waals surface area (Å²) in [6.07, 6.45) is 1.15. The minimum absolute atomic E-state index is 0.0661. The molecular weight excluding hydrogens is 204 g/mol. The van der Waals surface area contributed by atoms with Gasteiger partial charge in [0.05, 0.1) is 18.2 Å². The van der Waals surface area contributed by atoms with Gasteiger partial charge in [0.25, 0.3) is 0 Å². The Kier molecular flexibility index (Phi) is 4.74. The third kappa shape index (κ3) is 3.19. The molecule has 1 rings (SSSR count). The van der Waals surface area contributed by atoms with Crippen LogP contribution in [0.4, 0.5) is 0 Å². The highest BCUT2D eigenvalue weighted by Gasteiger charge is 2.30. The van der Waals surface area contributed by atoms with Crippen LogP contribution in [-0.2, 0) is 9.53 Å². The van der Waals surface area contributed by atoms with Crippen molar-refractivity contribution in [3.63, 3.8) is 0 Å². The zero-order chi connectivity index (χ0) is 12.3. The lowest BCUT2D eigenvalue weighted by molar-refractivity contribution is -0.145. The van der Waals surface area contributed by atoms with E-state index < -0.39 is 0 Å². The summed E-state index contributed by atoms with van der Waals surface area (Å²) in [6.45, 7) is 9.38. The van der Waals surface area contributed by atoms with Crippen molar-refractivity contribution in [2.75, 3.05) is 13.1 Å². The van der Waals surface area contributed by atoms with E-state index in [1.54, 1.807) is 0 Å². The first-order chi connectivity index (χ1) is 7.45. The summed E-state index contributed by atoms with van der Waals surface area (Å²) in [5.41, 5.74) is 5.96. The summed E-state index contributed by atoms with van der Waals surface area (Å²) in [7, 11) is 0. The lowest BCUT2D eigenvalue weighted by Gasteiger charge is -2.37. The van der Waals surface area contributed by atoms with E-state index in [-0.39, 0.29) is 30.1 Å². The second-order valence-corrected chi connectivity index (χ2v) is 4.91. The smallest absolute Gasteiger partial charge is 0.239 e. The van der Waals surface area contributed by atoms with Gasteiger partial charge < -0.3 is 15.4 Å². The van der Waals surface area contributed by atoms with Gasteiger partial charge in [-0.3, -0.25) is 4.79 Å². The van der Waals surface area contributed by atoms with Crippen LogP contribution in [0.3, 0.4) is 0 Å². The number of nitrogens with zero attached hydrogens (tertiary/aromatic N) is 1. The van der Waals surface area contributed by atoms with E-state index in [9.17, 15) is 4.79 Å². The first-order valence-corrected chi connectivity index (χ1v) is 6.15. The van der Waals surface area contributed by atoms with Gasteiger partial charge in [0, 0.05) is 13.1 Å². The monoisotopic (exact) mass is 228 g/mol. The standard InChI is InChI=1S/C12H24N2O2/c1-5-8(2)11(13)12(15)14-6-9(3)16-10(4)7-14/h8-11H,5-7,13H2,1-4H3/t8?,9?,10?,11-/m0/s1. The summed E-state index contributed by atoms with van der Waals surface area (Å²) >= 11 is 0. The number of carbonyl (C=O) groups excluding carboxylic acids is 1. The van der Waals surface area contributed by atoms with Gasteiger partial charge >= 0.3 is 0 Å². The lowest BCUT2D eigenvalue weighted by atomic mass is 9.98. The number of rotatable bonds is 3. The van der Waals surface area contributed by atoms with Crippen molar-refractivity contribution in [3.8, 4) is 0 Å². The quantitative estimate of drug-likeness (QED) is 0.784. The maximum absolute atomic E-state index is 12.1. The van der Waals surface area contributed by atoms with Gasteiger partial charge in [0.2, 0.25) is 5.91 Å². The summed E-state index contributed by atoms with van der Waals surface area (Å²) in [5.74, 6) is 0.303. The van der Waals surface area contributed by atoms with Crippen LogP contribution in [0.2, 0.25) is 0 Å². The summed E-state index contributed by atoms with van der Waals surface area (Å²) in [5, 5.41) is 0. The Hall–Kier alpha value is -0.610. The molecular formula is C12H24N2O2. The molecule has 1 fully saturated rings. The molecule has 0 spiro atoms. The summed E-state index contributed by atoms with van der Waals surface area (Å²) < 4.78 is 5.60. The van der Waals surface area contributed by atoms with Crippen LogP contribution >= 0.6 is 0 Å². The Bertz CT molecular complexity index is 235. The van der Waals surface area contributed by atoms with E-state index in [2.05, 4.69) is 6.92 Å². The van der Waals surface area contributed by atoms with Crippen molar-refractivity contribution < 1.29 is 9.53 Å². The predicted octanol–water partition coefficient (Wildman–Crippen LogP) is 0.996. The van der Waals surface area contributed by atoms with Crippen molar-refractivity contribution in [3.05, 3.63) is 0 Å². The Morgan fingerprint density at radius 2 is 1.94 bits per heavy atom. The topological polar surface area (TPSA) is 55.6 Å². The molecule has 1 saturated heterocycles. The number of carbonyl (C=O) groups is 1. The number of morpholine rings is 1. The van der Waals surface area contributed by atoms with Crippen LogP contribution in [-0.4, -0.2) is 42.1 Å². The molecule has 1 heterocycles. The number of nitrogens with two attached hydrogens (primary N) is 1. The van der Waals surface area contributed by atoms with Crippen LogP contribution in [0, 0.1) is 5.92 Å². The number of hydrogen-bond donors (Lipinski definition) is 1. The van der Waals surface area contributed by atoms with Crippen LogP contribution in [0.25, 0.3) is 0 Å². The minimum atomic E-state index is -0.373. The van der Waals surface area contributed by atoms with Crippen molar-refractivity contribution in [1.82, 2.24) is 4.90 Å². The van der Waals surface area contributed by atoms with Crippen LogP contribution in [0.1, 0.15) is 34.1 Å². The van der Waals surface area contributed by atoms with Crippen molar-refractivity contribution in [2.24, 2.45) is 11.7 Å². The average Bonchev–Trinajstić information content (AvgIpc) is 2.24. The van der Waals surface area contributed by atoms with E-state index in [1.807, 2.05) is 25.7 Å². The van der Waals surface area contributed by atoms with E-state index in [0.717, 1.165) is 6.42 Å². The molecule has 1 amide bonds. The minimum Gasteiger partial charge on any atom is -0.372 e. The molecule has 4 heteroatoms. The van der Waals surface area contributed by atoms with Crippen molar-refractivity contribution in [1.29, 1.82) is 0 Å². The largest absolute Gasteiger partial charge is 0.372 e. The molecule has 4 nitrogen and oxygen atoms in total. The van der Waals surface area contributed by atoms with Gasteiger partial charge in [-0.05, 0) is 19.8 Å². The first kappa shape index (κ1) is 13.5. The van der Waals surface area contributed by atoms with Gasteiger partial charge in [-0.25, -0.2) is 0 Å². The summed E-state index contributed by atoms with van der Waals surface area (Å²) in [4.78, 5) is 14.0. The van der Waals surface area contributed by atoms with Gasteiger partial charge in [-0.1, -0.05) is 20.3 Å². The molecule has 0 aromatic rings. The Labute approximate surface area is 98.1 Å². The van der Waals surface area contributed by atoms with Crippen LogP contribution in [0.15, 0.2) is 0 Å². The third-order valence-electron chi connectivity index (χ3n) is 3.27. The van der Waals surface area contributed by atoms with E-state index in [1.165, 1.54) is 0 Å². The van der Waals surface area contributed by atoms with E-state index in [4.69, 9.17) is 10.5 Å². The number of ether oxygens (including phenoxy) is 1. The molecule has 0 aromatic carbocycles. The Morgan fingerprint density at radius 1 is 1.44 bits per heavy atom. The molecule has 2 N–H and O–H groups in total. The molecule has 1 aliphatic rings. The first-order valence-electron chi connectivity index (χ1n) is 6.15. The number of hydrogen-bond acceptors (Lipinski definition) is 3. The fourth-order valence-corrected chi connectivity index (χ4v) is 2.07. The predicted molar refractivity (Wildman–Crippen MR) is 64.0 cm³/mol. The van der Waals surface area contributed by atoms with Crippen molar-refractivity contribution in [2.45, 2.75) is 52.4 Å². The van der Waals surface area contributed by atoms with E-state index >= 15 is 0 Å². The van der Waals surface area contributed by atoms with Crippen LogP contribution in [0.5, 0.6) is 0 Å². The molecule has 4 atom stereocenters. The molecule has 0 radical (unpaired) electrons. The fourth-order valence-electron chi connectivity index (χ4n) is 2.07. The van der Waals surface area contributed by atoms with Gasteiger partial charge in [0.15, 0.2) is 0 Å². The van der Waals surface area contributed by atoms with Gasteiger partial charge in [0.1, 0.15) is 0 Å². The molecule has 1 aliphatic heterocycles. The normalized spacial score (nSPS) is 29.9.